The first-order valence-corrected chi connectivity index (χ1v) is 6.35. The zero-order valence-electron chi connectivity index (χ0n) is 9.87. The summed E-state index contributed by atoms with van der Waals surface area (Å²) < 4.78 is 5.35. The monoisotopic (exact) mass is 212 g/mol. The molecule has 1 heterocycles. The van der Waals surface area contributed by atoms with E-state index in [1.807, 2.05) is 0 Å². The minimum absolute atomic E-state index is 0.763. The third-order valence-electron chi connectivity index (χ3n) is 3.80. The first-order chi connectivity index (χ1) is 7.36. The van der Waals surface area contributed by atoms with Crippen molar-refractivity contribution >= 4 is 0 Å². The minimum atomic E-state index is 0.763. The van der Waals surface area contributed by atoms with Gasteiger partial charge in [0.25, 0.3) is 0 Å². The molecule has 0 aromatic heterocycles. The van der Waals surface area contributed by atoms with Crippen LogP contribution < -0.4 is 5.32 Å². The molecule has 1 N–H and O–H groups in total. The molecule has 2 fully saturated rings. The second-order valence-electron chi connectivity index (χ2n) is 5.00. The SMILES string of the molecule is CN(CCNCC1CCOC1)C1CCC1. The van der Waals surface area contributed by atoms with E-state index in [4.69, 9.17) is 4.74 Å². The van der Waals surface area contributed by atoms with Gasteiger partial charge in [-0.3, -0.25) is 0 Å². The van der Waals surface area contributed by atoms with Crippen LogP contribution in [0.1, 0.15) is 25.7 Å². The maximum absolute atomic E-state index is 5.35. The lowest BCUT2D eigenvalue weighted by Crippen LogP contribution is -2.41. The van der Waals surface area contributed by atoms with Gasteiger partial charge in [-0.2, -0.15) is 0 Å². The normalized spacial score (nSPS) is 27.2. The maximum atomic E-state index is 5.35. The molecule has 1 aliphatic carbocycles. The summed E-state index contributed by atoms with van der Waals surface area (Å²) >= 11 is 0. The number of nitrogens with one attached hydrogen (secondary N) is 1. The van der Waals surface area contributed by atoms with Crippen LogP contribution in [0, 0.1) is 5.92 Å². The molecule has 1 saturated carbocycles. The summed E-state index contributed by atoms with van der Waals surface area (Å²) in [5.74, 6) is 0.763. The molecule has 88 valence electrons. The van der Waals surface area contributed by atoms with E-state index in [0.29, 0.717) is 0 Å². The fraction of sp³-hybridized carbons (Fsp3) is 1.00. The van der Waals surface area contributed by atoms with Crippen molar-refractivity contribution in [2.45, 2.75) is 31.7 Å². The molecule has 0 amide bonds. The van der Waals surface area contributed by atoms with Crippen LogP contribution in [0.2, 0.25) is 0 Å². The van der Waals surface area contributed by atoms with E-state index in [1.165, 1.54) is 32.2 Å². The zero-order chi connectivity index (χ0) is 10.5. The standard InChI is InChI=1S/C12H24N2O/c1-14(12-3-2-4-12)7-6-13-9-11-5-8-15-10-11/h11-13H,2-10H2,1H3. The van der Waals surface area contributed by atoms with Crippen molar-refractivity contribution in [1.29, 1.82) is 0 Å². The maximum Gasteiger partial charge on any atom is 0.0507 e. The van der Waals surface area contributed by atoms with E-state index in [2.05, 4.69) is 17.3 Å². The van der Waals surface area contributed by atoms with Crippen molar-refractivity contribution < 1.29 is 4.74 Å². The summed E-state index contributed by atoms with van der Waals surface area (Å²) in [5, 5.41) is 3.54. The Bertz CT molecular complexity index is 176. The highest BCUT2D eigenvalue weighted by Gasteiger charge is 2.21. The van der Waals surface area contributed by atoms with Gasteiger partial charge < -0.3 is 15.0 Å². The van der Waals surface area contributed by atoms with Gasteiger partial charge in [-0.15, -0.1) is 0 Å². The van der Waals surface area contributed by atoms with Gasteiger partial charge in [0.2, 0.25) is 0 Å². The lowest BCUT2D eigenvalue weighted by atomic mass is 9.92. The van der Waals surface area contributed by atoms with Gasteiger partial charge in [0.15, 0.2) is 0 Å². The van der Waals surface area contributed by atoms with Crippen molar-refractivity contribution in [3.05, 3.63) is 0 Å². The minimum Gasteiger partial charge on any atom is -0.381 e. The summed E-state index contributed by atoms with van der Waals surface area (Å²) in [6, 6.07) is 0.876. The molecule has 2 aliphatic rings. The van der Waals surface area contributed by atoms with Crippen LogP contribution >= 0.6 is 0 Å². The predicted molar refractivity (Wildman–Crippen MR) is 62.1 cm³/mol. The third kappa shape index (κ3) is 3.44. The quantitative estimate of drug-likeness (QED) is 0.667. The van der Waals surface area contributed by atoms with E-state index in [-0.39, 0.29) is 0 Å². The third-order valence-corrected chi connectivity index (χ3v) is 3.80. The Morgan fingerprint density at radius 1 is 1.33 bits per heavy atom. The number of rotatable bonds is 6. The molecule has 15 heavy (non-hydrogen) atoms. The number of ether oxygens (including phenoxy) is 1. The molecule has 0 aromatic rings. The Morgan fingerprint density at radius 2 is 2.20 bits per heavy atom. The van der Waals surface area contributed by atoms with Gasteiger partial charge in [-0.05, 0) is 32.2 Å². The average molecular weight is 212 g/mol. The fourth-order valence-corrected chi connectivity index (χ4v) is 2.32. The highest BCUT2D eigenvalue weighted by molar-refractivity contribution is 4.78. The molecule has 3 heteroatoms. The van der Waals surface area contributed by atoms with Gasteiger partial charge >= 0.3 is 0 Å². The van der Waals surface area contributed by atoms with Crippen LogP contribution in [0.3, 0.4) is 0 Å². The number of nitrogens with zero attached hydrogens (tertiary/aromatic N) is 1. The predicted octanol–water partition coefficient (Wildman–Crippen LogP) is 1.10. The topological polar surface area (TPSA) is 24.5 Å². The molecule has 1 aliphatic heterocycles. The van der Waals surface area contributed by atoms with Gasteiger partial charge in [0, 0.05) is 32.3 Å². The van der Waals surface area contributed by atoms with Crippen molar-refractivity contribution in [3.63, 3.8) is 0 Å². The Kier molecular flexibility index (Phi) is 4.42. The van der Waals surface area contributed by atoms with Crippen molar-refractivity contribution in [2.24, 2.45) is 5.92 Å². The van der Waals surface area contributed by atoms with E-state index in [1.54, 1.807) is 0 Å². The Labute approximate surface area is 93.2 Å². The summed E-state index contributed by atoms with van der Waals surface area (Å²) in [4.78, 5) is 2.50. The lowest BCUT2D eigenvalue weighted by Gasteiger charge is -2.34. The van der Waals surface area contributed by atoms with Gasteiger partial charge in [0.1, 0.15) is 0 Å². The van der Waals surface area contributed by atoms with Gasteiger partial charge in [-0.25, -0.2) is 0 Å². The van der Waals surface area contributed by atoms with E-state index >= 15 is 0 Å². The van der Waals surface area contributed by atoms with Crippen LogP contribution in [0.4, 0.5) is 0 Å². The van der Waals surface area contributed by atoms with E-state index < -0.39 is 0 Å². The molecule has 0 spiro atoms. The summed E-state index contributed by atoms with van der Waals surface area (Å²) in [5.41, 5.74) is 0. The summed E-state index contributed by atoms with van der Waals surface area (Å²) in [6.45, 7) is 5.39. The number of likely N-dealkylation sites (N-methyl/N-ethyl adjacent to an activating group) is 1. The Hall–Kier alpha value is -0.120. The van der Waals surface area contributed by atoms with Crippen molar-refractivity contribution in [3.8, 4) is 0 Å². The van der Waals surface area contributed by atoms with Gasteiger partial charge in [-0.1, -0.05) is 6.42 Å². The Balaban J connectivity index is 1.47. The second-order valence-corrected chi connectivity index (χ2v) is 5.00. The molecular formula is C12H24N2O. The van der Waals surface area contributed by atoms with E-state index in [9.17, 15) is 0 Å². The lowest BCUT2D eigenvalue weighted by molar-refractivity contribution is 0.159. The Morgan fingerprint density at radius 3 is 2.80 bits per heavy atom. The molecule has 0 radical (unpaired) electrons. The van der Waals surface area contributed by atoms with Crippen LogP contribution in [-0.2, 0) is 4.74 Å². The molecule has 0 aromatic carbocycles. The molecule has 2 rings (SSSR count). The summed E-state index contributed by atoms with van der Waals surface area (Å²) in [7, 11) is 2.25. The molecule has 0 bridgehead atoms. The first kappa shape index (κ1) is 11.4. The van der Waals surface area contributed by atoms with Crippen LogP contribution in [-0.4, -0.2) is 50.8 Å². The van der Waals surface area contributed by atoms with Crippen molar-refractivity contribution in [2.75, 3.05) is 39.9 Å². The van der Waals surface area contributed by atoms with Crippen molar-refractivity contribution in [1.82, 2.24) is 10.2 Å². The molecule has 3 nitrogen and oxygen atoms in total. The first-order valence-electron chi connectivity index (χ1n) is 6.35. The smallest absolute Gasteiger partial charge is 0.0507 e. The number of hydrogen-bond acceptors (Lipinski definition) is 3. The highest BCUT2D eigenvalue weighted by atomic mass is 16.5. The number of hydrogen-bond donors (Lipinski definition) is 1. The van der Waals surface area contributed by atoms with Crippen LogP contribution in [0.15, 0.2) is 0 Å². The zero-order valence-corrected chi connectivity index (χ0v) is 9.87. The second kappa shape index (κ2) is 5.83. The fourth-order valence-electron chi connectivity index (χ4n) is 2.32. The molecular weight excluding hydrogens is 188 g/mol. The highest BCUT2D eigenvalue weighted by Crippen LogP contribution is 2.22. The van der Waals surface area contributed by atoms with Crippen LogP contribution in [0.25, 0.3) is 0 Å². The van der Waals surface area contributed by atoms with Gasteiger partial charge in [0.05, 0.1) is 6.61 Å². The molecule has 1 unspecified atom stereocenters. The summed E-state index contributed by atoms with van der Waals surface area (Å²) in [6.07, 6.45) is 5.49. The average Bonchev–Trinajstić information content (AvgIpc) is 2.62. The largest absolute Gasteiger partial charge is 0.381 e. The van der Waals surface area contributed by atoms with E-state index in [0.717, 1.165) is 38.3 Å². The van der Waals surface area contributed by atoms with Crippen LogP contribution in [0.5, 0.6) is 0 Å². The molecule has 1 atom stereocenters. The molecule has 1 saturated heterocycles.